The van der Waals surface area contributed by atoms with Crippen LogP contribution in [-0.4, -0.2) is 31.5 Å². The Bertz CT molecular complexity index is 247. The van der Waals surface area contributed by atoms with Crippen LogP contribution in [0.3, 0.4) is 0 Å². The molecule has 0 heterocycles. The summed E-state index contributed by atoms with van der Waals surface area (Å²) in [6.07, 6.45) is 1.02. The second kappa shape index (κ2) is 5.71. The lowest BCUT2D eigenvalue weighted by molar-refractivity contribution is 0.517. The lowest BCUT2D eigenvalue weighted by atomic mass is 10.2. The van der Waals surface area contributed by atoms with Crippen molar-refractivity contribution in [2.24, 2.45) is 0 Å². The third-order valence-electron chi connectivity index (χ3n) is 2.58. The first-order valence-electron chi connectivity index (χ1n) is 5.28. The summed E-state index contributed by atoms with van der Waals surface area (Å²) in [5.74, 6) is 0. The Morgan fingerprint density at radius 1 is 1.14 bits per heavy atom. The average molecular weight is 221 g/mol. The molecule has 86 valence electrons. The van der Waals surface area contributed by atoms with Crippen molar-refractivity contribution in [1.29, 1.82) is 0 Å². The van der Waals surface area contributed by atoms with E-state index in [1.807, 2.05) is 0 Å². The third-order valence-corrected chi connectivity index (χ3v) is 5.19. The quantitative estimate of drug-likeness (QED) is 0.741. The fourth-order valence-corrected chi connectivity index (χ4v) is 2.35. The predicted octanol–water partition coefficient (Wildman–Crippen LogP) is 1.59. The van der Waals surface area contributed by atoms with Gasteiger partial charge in [-0.05, 0) is 34.1 Å². The van der Waals surface area contributed by atoms with E-state index in [0.717, 1.165) is 6.42 Å². The van der Waals surface area contributed by atoms with Crippen LogP contribution in [0.1, 0.15) is 41.0 Å². The summed E-state index contributed by atoms with van der Waals surface area (Å²) in [5.41, 5.74) is 0. The van der Waals surface area contributed by atoms with E-state index in [-0.39, 0.29) is 10.5 Å². The summed E-state index contributed by atoms with van der Waals surface area (Å²) >= 11 is 0. The van der Waals surface area contributed by atoms with E-state index in [1.165, 1.54) is 0 Å². The third kappa shape index (κ3) is 3.96. The van der Waals surface area contributed by atoms with E-state index < -0.39 is 9.84 Å². The summed E-state index contributed by atoms with van der Waals surface area (Å²) in [5, 5.41) is 2.64. The molecule has 0 aliphatic carbocycles. The van der Waals surface area contributed by atoms with Crippen molar-refractivity contribution in [3.05, 3.63) is 0 Å². The summed E-state index contributed by atoms with van der Waals surface area (Å²) in [4.78, 5) is 0. The molecule has 0 aromatic heterocycles. The molecule has 0 amide bonds. The number of hydrogen-bond acceptors (Lipinski definition) is 3. The smallest absolute Gasteiger partial charge is 0.156 e. The summed E-state index contributed by atoms with van der Waals surface area (Å²) in [6, 6.07) is 0.389. The van der Waals surface area contributed by atoms with Gasteiger partial charge < -0.3 is 5.32 Å². The normalized spacial score (nSPS) is 17.0. The Kier molecular flexibility index (Phi) is 5.67. The molecule has 0 aliphatic rings. The first-order valence-corrected chi connectivity index (χ1v) is 6.89. The average Bonchev–Trinajstić information content (AvgIpc) is 2.12. The van der Waals surface area contributed by atoms with Crippen LogP contribution in [0.2, 0.25) is 0 Å². The standard InChI is InChI=1S/C10H23NO2S/c1-6-9(4)11-7-10(5)14(12,13)8(2)3/h8-11H,6-7H2,1-5H3. The highest BCUT2D eigenvalue weighted by molar-refractivity contribution is 7.92. The molecule has 2 unspecified atom stereocenters. The number of sulfone groups is 1. The van der Waals surface area contributed by atoms with Crippen molar-refractivity contribution in [3.8, 4) is 0 Å². The highest BCUT2D eigenvalue weighted by Crippen LogP contribution is 2.08. The molecule has 14 heavy (non-hydrogen) atoms. The molecule has 1 N–H and O–H groups in total. The van der Waals surface area contributed by atoms with Crippen LogP contribution >= 0.6 is 0 Å². The Morgan fingerprint density at radius 2 is 1.64 bits per heavy atom. The largest absolute Gasteiger partial charge is 0.313 e. The first kappa shape index (κ1) is 13.9. The van der Waals surface area contributed by atoms with Gasteiger partial charge in [-0.25, -0.2) is 8.42 Å². The van der Waals surface area contributed by atoms with Gasteiger partial charge in [-0.15, -0.1) is 0 Å². The lowest BCUT2D eigenvalue weighted by Gasteiger charge is -2.18. The van der Waals surface area contributed by atoms with E-state index in [4.69, 9.17) is 0 Å². The monoisotopic (exact) mass is 221 g/mol. The maximum Gasteiger partial charge on any atom is 0.156 e. The molecule has 0 spiro atoms. The molecule has 0 aromatic rings. The van der Waals surface area contributed by atoms with Gasteiger partial charge in [-0.1, -0.05) is 6.92 Å². The minimum atomic E-state index is -2.94. The highest BCUT2D eigenvalue weighted by atomic mass is 32.2. The van der Waals surface area contributed by atoms with Crippen molar-refractivity contribution < 1.29 is 8.42 Å². The highest BCUT2D eigenvalue weighted by Gasteiger charge is 2.24. The Morgan fingerprint density at radius 3 is 2.00 bits per heavy atom. The summed E-state index contributed by atoms with van der Waals surface area (Å²) in [6.45, 7) is 9.93. The van der Waals surface area contributed by atoms with Gasteiger partial charge >= 0.3 is 0 Å². The molecule has 2 atom stereocenters. The van der Waals surface area contributed by atoms with Gasteiger partial charge in [-0.3, -0.25) is 0 Å². The molecule has 0 radical (unpaired) electrons. The molecule has 0 fully saturated rings. The van der Waals surface area contributed by atoms with Crippen molar-refractivity contribution in [3.63, 3.8) is 0 Å². The fourth-order valence-electron chi connectivity index (χ4n) is 1.09. The molecule has 4 heteroatoms. The zero-order valence-corrected chi connectivity index (χ0v) is 10.7. The topological polar surface area (TPSA) is 46.2 Å². The molecule has 0 rings (SSSR count). The van der Waals surface area contributed by atoms with E-state index in [9.17, 15) is 8.42 Å². The molecule has 3 nitrogen and oxygen atoms in total. The zero-order valence-electron chi connectivity index (χ0n) is 9.87. The van der Waals surface area contributed by atoms with E-state index in [2.05, 4.69) is 19.2 Å². The molecular formula is C10H23NO2S. The zero-order chi connectivity index (χ0) is 11.4. The van der Waals surface area contributed by atoms with Gasteiger partial charge in [0.25, 0.3) is 0 Å². The van der Waals surface area contributed by atoms with Gasteiger partial charge in [0.1, 0.15) is 0 Å². The molecule has 0 aromatic carbocycles. The van der Waals surface area contributed by atoms with Crippen molar-refractivity contribution in [2.75, 3.05) is 6.54 Å². The maximum atomic E-state index is 11.7. The number of hydrogen-bond donors (Lipinski definition) is 1. The maximum absolute atomic E-state index is 11.7. The van der Waals surface area contributed by atoms with Crippen LogP contribution < -0.4 is 5.32 Å². The predicted molar refractivity (Wildman–Crippen MR) is 61.3 cm³/mol. The van der Waals surface area contributed by atoms with Gasteiger partial charge in [0.2, 0.25) is 0 Å². The van der Waals surface area contributed by atoms with Crippen LogP contribution in [0.5, 0.6) is 0 Å². The minimum absolute atomic E-state index is 0.281. The molecule has 0 bridgehead atoms. The summed E-state index contributed by atoms with van der Waals surface area (Å²) < 4.78 is 23.4. The van der Waals surface area contributed by atoms with Gasteiger partial charge in [-0.2, -0.15) is 0 Å². The van der Waals surface area contributed by atoms with Crippen LogP contribution in [0.4, 0.5) is 0 Å². The van der Waals surface area contributed by atoms with Gasteiger partial charge in [0.15, 0.2) is 9.84 Å². The van der Waals surface area contributed by atoms with E-state index in [0.29, 0.717) is 12.6 Å². The van der Waals surface area contributed by atoms with E-state index >= 15 is 0 Å². The molecular weight excluding hydrogens is 198 g/mol. The molecule has 0 saturated heterocycles. The van der Waals surface area contributed by atoms with Gasteiger partial charge in [0, 0.05) is 12.6 Å². The Labute approximate surface area is 88.2 Å². The first-order chi connectivity index (χ1) is 6.32. The molecule has 0 saturated carbocycles. The van der Waals surface area contributed by atoms with Crippen molar-refractivity contribution in [1.82, 2.24) is 5.32 Å². The van der Waals surface area contributed by atoms with Crippen LogP contribution in [0, 0.1) is 0 Å². The van der Waals surface area contributed by atoms with Crippen molar-refractivity contribution >= 4 is 9.84 Å². The molecule has 0 aliphatic heterocycles. The minimum Gasteiger partial charge on any atom is -0.313 e. The fraction of sp³-hybridized carbons (Fsp3) is 1.00. The summed E-state index contributed by atoms with van der Waals surface area (Å²) in [7, 11) is -2.94. The van der Waals surface area contributed by atoms with Crippen LogP contribution in [0.15, 0.2) is 0 Å². The van der Waals surface area contributed by atoms with Crippen molar-refractivity contribution in [2.45, 2.75) is 57.6 Å². The van der Waals surface area contributed by atoms with E-state index in [1.54, 1.807) is 20.8 Å². The van der Waals surface area contributed by atoms with Crippen LogP contribution in [-0.2, 0) is 9.84 Å². The Balaban J connectivity index is 4.16. The number of nitrogens with one attached hydrogen (secondary N) is 1. The second-order valence-electron chi connectivity index (χ2n) is 4.17. The van der Waals surface area contributed by atoms with Gasteiger partial charge in [0.05, 0.1) is 10.5 Å². The second-order valence-corrected chi connectivity index (χ2v) is 7.09. The number of rotatable bonds is 6. The lowest BCUT2D eigenvalue weighted by Crippen LogP contribution is -2.38. The SMILES string of the molecule is CCC(C)NCC(C)S(=O)(=O)C(C)C. The Hall–Kier alpha value is -0.0900. The van der Waals surface area contributed by atoms with Crippen LogP contribution in [0.25, 0.3) is 0 Å².